The van der Waals surface area contributed by atoms with Gasteiger partial charge in [0.05, 0.1) is 5.56 Å². The monoisotopic (exact) mass is 396 g/mol. The highest BCUT2D eigenvalue weighted by Gasteiger charge is 2.27. The molecule has 2 rings (SSSR count). The van der Waals surface area contributed by atoms with Crippen LogP contribution in [-0.2, 0) is 4.74 Å². The number of amides is 2. The smallest absolute Gasteiger partial charge is 0.407 e. The summed E-state index contributed by atoms with van der Waals surface area (Å²) in [6.07, 6.45) is 1.27. The van der Waals surface area contributed by atoms with Crippen molar-refractivity contribution in [2.24, 2.45) is 0 Å². The third-order valence-corrected chi connectivity index (χ3v) is 4.47. The van der Waals surface area contributed by atoms with E-state index in [2.05, 4.69) is 21.2 Å². The molecule has 1 heterocycles. The summed E-state index contributed by atoms with van der Waals surface area (Å²) in [6.45, 7) is 8.66. The number of alkyl carbamates (subject to hydrolysis) is 1. The van der Waals surface area contributed by atoms with Gasteiger partial charge in [0.15, 0.2) is 0 Å². The number of rotatable bonds is 2. The van der Waals surface area contributed by atoms with Crippen molar-refractivity contribution in [2.45, 2.75) is 52.2 Å². The van der Waals surface area contributed by atoms with Crippen molar-refractivity contribution >= 4 is 27.9 Å². The van der Waals surface area contributed by atoms with Crippen molar-refractivity contribution in [3.63, 3.8) is 0 Å². The second-order valence-corrected chi connectivity index (χ2v) is 8.07. The van der Waals surface area contributed by atoms with Crippen LogP contribution in [0.5, 0.6) is 0 Å². The summed E-state index contributed by atoms with van der Waals surface area (Å²) in [5.74, 6) is -0.0127. The fourth-order valence-corrected chi connectivity index (χ4v) is 3.14. The molecule has 1 aliphatic heterocycles. The summed E-state index contributed by atoms with van der Waals surface area (Å²) in [6, 6.07) is 5.66. The third-order valence-electron chi connectivity index (χ3n) is 3.78. The van der Waals surface area contributed by atoms with Gasteiger partial charge in [0, 0.05) is 23.6 Å². The molecule has 1 aromatic carbocycles. The minimum atomic E-state index is -0.527. The topological polar surface area (TPSA) is 58.6 Å². The van der Waals surface area contributed by atoms with Gasteiger partial charge >= 0.3 is 6.09 Å². The fraction of sp³-hybridized carbons (Fsp3) is 0.556. The van der Waals surface area contributed by atoms with Crippen LogP contribution in [0.25, 0.3) is 0 Å². The number of hydrogen-bond donors (Lipinski definition) is 1. The van der Waals surface area contributed by atoms with Crippen molar-refractivity contribution in [1.82, 2.24) is 10.2 Å². The zero-order valence-corrected chi connectivity index (χ0v) is 16.3. The van der Waals surface area contributed by atoms with Gasteiger partial charge in [-0.25, -0.2) is 4.79 Å². The Hall–Kier alpha value is -1.56. The minimum Gasteiger partial charge on any atom is -0.444 e. The molecule has 1 saturated heterocycles. The summed E-state index contributed by atoms with van der Waals surface area (Å²) < 4.78 is 6.09. The van der Waals surface area contributed by atoms with Crippen LogP contribution in [0, 0.1) is 6.92 Å². The number of nitrogens with one attached hydrogen (secondary N) is 1. The summed E-state index contributed by atoms with van der Waals surface area (Å²) in [7, 11) is 0. The van der Waals surface area contributed by atoms with E-state index >= 15 is 0 Å². The fourth-order valence-electron chi connectivity index (χ4n) is 2.73. The number of carbonyl (C=O) groups excluding carboxylic acids is 2. The van der Waals surface area contributed by atoms with Crippen molar-refractivity contribution in [3.05, 3.63) is 33.8 Å². The number of likely N-dealkylation sites (tertiary alicyclic amines) is 1. The molecular formula is C18H25BrN2O3. The Morgan fingerprint density at radius 1 is 1.33 bits per heavy atom. The Labute approximate surface area is 151 Å². The number of benzene rings is 1. The summed E-state index contributed by atoms with van der Waals surface area (Å²) in [5.41, 5.74) is 1.18. The van der Waals surface area contributed by atoms with Crippen molar-refractivity contribution in [3.8, 4) is 0 Å². The predicted octanol–water partition coefficient (Wildman–Crippen LogP) is 3.89. The maximum atomic E-state index is 12.8. The van der Waals surface area contributed by atoms with Gasteiger partial charge in [-0.3, -0.25) is 4.79 Å². The summed E-state index contributed by atoms with van der Waals surface area (Å²) in [5, 5.41) is 2.87. The number of hydrogen-bond acceptors (Lipinski definition) is 3. The van der Waals surface area contributed by atoms with Crippen LogP contribution in [0.4, 0.5) is 4.79 Å². The first-order chi connectivity index (χ1) is 11.2. The maximum absolute atomic E-state index is 12.8. The molecule has 132 valence electrons. The van der Waals surface area contributed by atoms with E-state index in [1.807, 2.05) is 45.9 Å². The Bertz CT molecular complexity index is 625. The zero-order chi connectivity index (χ0) is 17.9. The quantitative estimate of drug-likeness (QED) is 0.824. The molecule has 1 atom stereocenters. The molecule has 0 saturated carbocycles. The maximum Gasteiger partial charge on any atom is 0.407 e. The number of nitrogens with zero attached hydrogens (tertiary/aromatic N) is 1. The molecule has 1 N–H and O–H groups in total. The lowest BCUT2D eigenvalue weighted by molar-refractivity contribution is 0.0452. The van der Waals surface area contributed by atoms with Gasteiger partial charge in [-0.2, -0.15) is 0 Å². The van der Waals surface area contributed by atoms with Gasteiger partial charge in [0.2, 0.25) is 0 Å². The highest BCUT2D eigenvalue weighted by atomic mass is 79.9. The van der Waals surface area contributed by atoms with E-state index in [0.29, 0.717) is 18.7 Å². The number of piperidine rings is 1. The number of carbonyl (C=O) groups is 2. The van der Waals surface area contributed by atoms with Gasteiger partial charge in [-0.15, -0.1) is 0 Å². The minimum absolute atomic E-state index is 0.0127. The van der Waals surface area contributed by atoms with Gasteiger partial charge in [0.25, 0.3) is 5.91 Å². The van der Waals surface area contributed by atoms with Crippen LogP contribution in [0.2, 0.25) is 0 Å². The first-order valence-electron chi connectivity index (χ1n) is 8.20. The van der Waals surface area contributed by atoms with Gasteiger partial charge in [0.1, 0.15) is 5.60 Å². The molecule has 1 fully saturated rings. The molecule has 0 aliphatic carbocycles. The standard InChI is InChI=1S/C18H25BrN2O3/c1-12-7-8-15(19)14(10-12)16(22)21-9-5-6-13(11-21)20-17(23)24-18(2,3)4/h7-8,10,13H,5-6,9,11H2,1-4H3,(H,20,23)/t13-/m1/s1. The van der Waals surface area contributed by atoms with Gasteiger partial charge in [-0.05, 0) is 68.6 Å². The zero-order valence-electron chi connectivity index (χ0n) is 14.7. The highest BCUT2D eigenvalue weighted by Crippen LogP contribution is 2.22. The SMILES string of the molecule is Cc1ccc(Br)c(C(=O)N2CCC[C@@H](NC(=O)OC(C)(C)C)C2)c1. The van der Waals surface area contributed by atoms with E-state index < -0.39 is 11.7 Å². The average Bonchev–Trinajstić information content (AvgIpc) is 2.47. The Kier molecular flexibility index (Phi) is 5.91. The molecule has 0 aromatic heterocycles. The number of halogens is 1. The number of ether oxygens (including phenoxy) is 1. The molecule has 1 aromatic rings. The molecule has 6 heteroatoms. The van der Waals surface area contributed by atoms with Crippen LogP contribution in [0.3, 0.4) is 0 Å². The normalized spacial score (nSPS) is 18.2. The summed E-state index contributed by atoms with van der Waals surface area (Å²) >= 11 is 3.45. The Morgan fingerprint density at radius 3 is 2.71 bits per heavy atom. The van der Waals surface area contributed by atoms with Crippen molar-refractivity contribution < 1.29 is 14.3 Å². The Balaban J connectivity index is 2.01. The predicted molar refractivity (Wildman–Crippen MR) is 97.2 cm³/mol. The van der Waals surface area contributed by atoms with E-state index in [-0.39, 0.29) is 11.9 Å². The molecule has 5 nitrogen and oxygen atoms in total. The van der Waals surface area contributed by atoms with Crippen LogP contribution in [0.15, 0.2) is 22.7 Å². The molecule has 2 amide bonds. The average molecular weight is 397 g/mol. The van der Waals surface area contributed by atoms with Crippen molar-refractivity contribution in [2.75, 3.05) is 13.1 Å². The largest absolute Gasteiger partial charge is 0.444 e. The van der Waals surface area contributed by atoms with Crippen molar-refractivity contribution in [1.29, 1.82) is 0 Å². The van der Waals surface area contributed by atoms with E-state index in [1.54, 1.807) is 4.90 Å². The first kappa shape index (κ1) is 18.8. The first-order valence-corrected chi connectivity index (χ1v) is 9.00. The number of aryl methyl sites for hydroxylation is 1. The second-order valence-electron chi connectivity index (χ2n) is 7.22. The van der Waals surface area contributed by atoms with Crippen LogP contribution in [0.1, 0.15) is 49.5 Å². The molecule has 1 aliphatic rings. The second kappa shape index (κ2) is 7.55. The van der Waals surface area contributed by atoms with Gasteiger partial charge < -0.3 is 15.0 Å². The van der Waals surface area contributed by atoms with E-state index in [9.17, 15) is 9.59 Å². The molecule has 0 radical (unpaired) electrons. The lowest BCUT2D eigenvalue weighted by atomic mass is 10.0. The Morgan fingerprint density at radius 2 is 2.04 bits per heavy atom. The van der Waals surface area contributed by atoms with E-state index in [4.69, 9.17) is 4.74 Å². The van der Waals surface area contributed by atoms with Crippen LogP contribution < -0.4 is 5.32 Å². The highest BCUT2D eigenvalue weighted by molar-refractivity contribution is 9.10. The summed E-state index contributed by atoms with van der Waals surface area (Å²) in [4.78, 5) is 26.5. The van der Waals surface area contributed by atoms with Crippen LogP contribution >= 0.6 is 15.9 Å². The molecule has 0 spiro atoms. The van der Waals surface area contributed by atoms with Crippen LogP contribution in [-0.4, -0.2) is 41.6 Å². The van der Waals surface area contributed by atoms with E-state index in [1.165, 1.54) is 0 Å². The van der Waals surface area contributed by atoms with E-state index in [0.717, 1.165) is 22.9 Å². The molecular weight excluding hydrogens is 372 g/mol. The lowest BCUT2D eigenvalue weighted by Crippen LogP contribution is -2.50. The third kappa shape index (κ3) is 5.23. The molecule has 0 bridgehead atoms. The molecule has 0 unspecified atom stereocenters. The van der Waals surface area contributed by atoms with Gasteiger partial charge in [-0.1, -0.05) is 11.6 Å². The lowest BCUT2D eigenvalue weighted by Gasteiger charge is -2.34. The molecule has 24 heavy (non-hydrogen) atoms.